The SMILES string of the molecule is O=C(CN1CCN(Cc2ccsc2)CC1)c1c[nH]c(C(=O)N2CCCC2)c1. The Morgan fingerprint density at radius 1 is 1.04 bits per heavy atom. The molecule has 2 aliphatic heterocycles. The van der Waals surface area contributed by atoms with Gasteiger partial charge in [0.2, 0.25) is 0 Å². The summed E-state index contributed by atoms with van der Waals surface area (Å²) in [6.45, 7) is 6.81. The molecule has 0 aromatic carbocycles. The first-order valence-electron chi connectivity index (χ1n) is 9.66. The van der Waals surface area contributed by atoms with E-state index in [1.807, 2.05) is 4.90 Å². The Hall–Kier alpha value is -1.96. The van der Waals surface area contributed by atoms with Crippen LogP contribution in [0.25, 0.3) is 0 Å². The van der Waals surface area contributed by atoms with Crippen molar-refractivity contribution in [3.8, 4) is 0 Å². The van der Waals surface area contributed by atoms with Crippen molar-refractivity contribution in [2.24, 2.45) is 0 Å². The van der Waals surface area contributed by atoms with Gasteiger partial charge in [-0.1, -0.05) is 0 Å². The summed E-state index contributed by atoms with van der Waals surface area (Å²) in [6, 6.07) is 3.89. The highest BCUT2D eigenvalue weighted by molar-refractivity contribution is 7.07. The van der Waals surface area contributed by atoms with Crippen LogP contribution < -0.4 is 0 Å². The van der Waals surface area contributed by atoms with Gasteiger partial charge >= 0.3 is 0 Å². The number of hydrogen-bond donors (Lipinski definition) is 1. The average Bonchev–Trinajstić information content (AvgIpc) is 3.45. The minimum Gasteiger partial charge on any atom is -0.356 e. The van der Waals surface area contributed by atoms with Gasteiger partial charge in [-0.3, -0.25) is 19.4 Å². The molecular weight excluding hydrogens is 360 g/mol. The van der Waals surface area contributed by atoms with Crippen molar-refractivity contribution < 1.29 is 9.59 Å². The Labute approximate surface area is 163 Å². The van der Waals surface area contributed by atoms with Gasteiger partial charge < -0.3 is 9.88 Å². The summed E-state index contributed by atoms with van der Waals surface area (Å²) in [5.41, 5.74) is 2.51. The van der Waals surface area contributed by atoms with E-state index in [2.05, 4.69) is 31.6 Å². The first kappa shape index (κ1) is 18.4. The highest BCUT2D eigenvalue weighted by Crippen LogP contribution is 2.15. The van der Waals surface area contributed by atoms with Crippen molar-refractivity contribution in [1.82, 2.24) is 19.7 Å². The standard InChI is InChI=1S/C20H26N4O2S/c25-19(17-11-18(21-12-17)20(26)24-4-1-2-5-24)14-23-8-6-22(7-9-23)13-16-3-10-27-15-16/h3,10-12,15,21H,1-2,4-9,13-14H2. The lowest BCUT2D eigenvalue weighted by Gasteiger charge is -2.34. The number of hydrogen-bond acceptors (Lipinski definition) is 5. The van der Waals surface area contributed by atoms with E-state index in [1.165, 1.54) is 5.56 Å². The molecule has 0 bridgehead atoms. The average molecular weight is 387 g/mol. The van der Waals surface area contributed by atoms with Crippen LogP contribution in [-0.2, 0) is 6.54 Å². The van der Waals surface area contributed by atoms with Crippen LogP contribution in [0.3, 0.4) is 0 Å². The lowest BCUT2D eigenvalue weighted by Crippen LogP contribution is -2.47. The Morgan fingerprint density at radius 2 is 1.78 bits per heavy atom. The van der Waals surface area contributed by atoms with Crippen LogP contribution in [0.2, 0.25) is 0 Å². The van der Waals surface area contributed by atoms with Gasteiger partial charge in [0.15, 0.2) is 5.78 Å². The minimum atomic E-state index is 0.00796. The number of nitrogens with one attached hydrogen (secondary N) is 1. The number of ketones is 1. The summed E-state index contributed by atoms with van der Waals surface area (Å²) in [7, 11) is 0. The van der Waals surface area contributed by atoms with Gasteiger partial charge in [0, 0.05) is 57.6 Å². The summed E-state index contributed by atoms with van der Waals surface area (Å²) in [5, 5.41) is 4.31. The molecule has 0 saturated carbocycles. The maximum atomic E-state index is 12.6. The highest BCUT2D eigenvalue weighted by Gasteiger charge is 2.23. The minimum absolute atomic E-state index is 0.00796. The van der Waals surface area contributed by atoms with E-state index < -0.39 is 0 Å². The number of likely N-dealkylation sites (tertiary alicyclic amines) is 1. The van der Waals surface area contributed by atoms with Crippen molar-refractivity contribution in [2.45, 2.75) is 19.4 Å². The molecule has 0 atom stereocenters. The molecule has 2 fully saturated rings. The Balaban J connectivity index is 1.26. The molecule has 1 amide bonds. The largest absolute Gasteiger partial charge is 0.356 e. The monoisotopic (exact) mass is 386 g/mol. The molecule has 2 aromatic heterocycles. The second-order valence-electron chi connectivity index (χ2n) is 7.41. The third-order valence-corrected chi connectivity index (χ3v) is 6.18. The Bertz CT molecular complexity index is 772. The van der Waals surface area contributed by atoms with Crippen LogP contribution in [0, 0.1) is 0 Å². The zero-order valence-electron chi connectivity index (χ0n) is 15.5. The van der Waals surface area contributed by atoms with Crippen molar-refractivity contribution in [3.63, 3.8) is 0 Å². The van der Waals surface area contributed by atoms with Gasteiger partial charge in [-0.2, -0.15) is 11.3 Å². The number of thiophene rings is 1. The maximum absolute atomic E-state index is 12.6. The zero-order valence-corrected chi connectivity index (χ0v) is 16.3. The van der Waals surface area contributed by atoms with E-state index in [1.54, 1.807) is 23.6 Å². The Kier molecular flexibility index (Phi) is 5.71. The molecule has 0 spiro atoms. The molecule has 4 rings (SSSR count). The van der Waals surface area contributed by atoms with Crippen molar-refractivity contribution in [1.29, 1.82) is 0 Å². The van der Waals surface area contributed by atoms with Crippen molar-refractivity contribution in [3.05, 3.63) is 45.9 Å². The normalized spacial score (nSPS) is 18.9. The summed E-state index contributed by atoms with van der Waals surface area (Å²) < 4.78 is 0. The van der Waals surface area contributed by atoms with Crippen LogP contribution in [0.5, 0.6) is 0 Å². The molecule has 2 aliphatic rings. The van der Waals surface area contributed by atoms with Crippen molar-refractivity contribution >= 4 is 23.0 Å². The molecule has 0 aliphatic carbocycles. The molecule has 0 unspecified atom stereocenters. The number of aromatic nitrogens is 1. The van der Waals surface area contributed by atoms with E-state index in [4.69, 9.17) is 0 Å². The number of carbonyl (C=O) groups excluding carboxylic acids is 2. The second kappa shape index (κ2) is 8.37. The number of nitrogens with zero attached hydrogens (tertiary/aromatic N) is 3. The Morgan fingerprint density at radius 3 is 2.48 bits per heavy atom. The van der Waals surface area contributed by atoms with Crippen LogP contribution in [-0.4, -0.2) is 77.2 Å². The number of rotatable bonds is 6. The lowest BCUT2D eigenvalue weighted by atomic mass is 10.1. The van der Waals surface area contributed by atoms with Gasteiger partial charge in [0.25, 0.3) is 5.91 Å². The molecule has 144 valence electrons. The molecule has 1 N–H and O–H groups in total. The number of Topliss-reactive ketones (excluding diaryl/α,β-unsaturated/α-hetero) is 1. The topological polar surface area (TPSA) is 59.7 Å². The molecule has 7 heteroatoms. The number of aromatic amines is 1. The number of carbonyl (C=O) groups is 2. The smallest absolute Gasteiger partial charge is 0.270 e. The van der Waals surface area contributed by atoms with E-state index in [9.17, 15) is 9.59 Å². The molecule has 0 radical (unpaired) electrons. The molecule has 4 heterocycles. The maximum Gasteiger partial charge on any atom is 0.270 e. The highest BCUT2D eigenvalue weighted by atomic mass is 32.1. The summed E-state index contributed by atoms with van der Waals surface area (Å²) in [5.74, 6) is 0.0894. The number of H-pyrrole nitrogens is 1. The van der Waals surface area contributed by atoms with Gasteiger partial charge in [-0.25, -0.2) is 0 Å². The number of piperazine rings is 1. The quantitative estimate of drug-likeness (QED) is 0.774. The van der Waals surface area contributed by atoms with Gasteiger partial charge in [-0.15, -0.1) is 0 Å². The summed E-state index contributed by atoms with van der Waals surface area (Å²) in [6.07, 6.45) is 3.81. The van der Waals surface area contributed by atoms with Gasteiger partial charge in [0.1, 0.15) is 5.69 Å². The van der Waals surface area contributed by atoms with Crippen LogP contribution in [0.15, 0.2) is 29.1 Å². The molecule has 27 heavy (non-hydrogen) atoms. The summed E-state index contributed by atoms with van der Waals surface area (Å²) in [4.78, 5) is 34.5. The van der Waals surface area contributed by atoms with E-state index in [0.29, 0.717) is 17.8 Å². The van der Waals surface area contributed by atoms with Crippen LogP contribution in [0.4, 0.5) is 0 Å². The third kappa shape index (κ3) is 4.48. The third-order valence-electron chi connectivity index (χ3n) is 5.45. The van der Waals surface area contributed by atoms with Crippen molar-refractivity contribution in [2.75, 3.05) is 45.8 Å². The molecule has 2 saturated heterocycles. The van der Waals surface area contributed by atoms with E-state index >= 15 is 0 Å². The zero-order chi connectivity index (χ0) is 18.6. The second-order valence-corrected chi connectivity index (χ2v) is 8.19. The lowest BCUT2D eigenvalue weighted by molar-refractivity contribution is 0.0787. The molecule has 6 nitrogen and oxygen atoms in total. The van der Waals surface area contributed by atoms with Crippen LogP contribution >= 0.6 is 11.3 Å². The van der Waals surface area contributed by atoms with E-state index in [0.717, 1.165) is 58.7 Å². The predicted octanol–water partition coefficient (Wildman–Crippen LogP) is 2.31. The van der Waals surface area contributed by atoms with Gasteiger partial charge in [0.05, 0.1) is 6.54 Å². The first-order valence-corrected chi connectivity index (χ1v) is 10.6. The number of amides is 1. The van der Waals surface area contributed by atoms with Gasteiger partial charge in [-0.05, 0) is 41.3 Å². The van der Waals surface area contributed by atoms with E-state index in [-0.39, 0.29) is 11.7 Å². The fourth-order valence-corrected chi connectivity index (χ4v) is 4.47. The fourth-order valence-electron chi connectivity index (χ4n) is 3.81. The first-order chi connectivity index (χ1) is 13.2. The fraction of sp³-hybridized carbons (Fsp3) is 0.500. The summed E-state index contributed by atoms with van der Waals surface area (Å²) >= 11 is 1.73. The van der Waals surface area contributed by atoms with Crippen LogP contribution in [0.1, 0.15) is 39.3 Å². The molecular formula is C20H26N4O2S. The molecule has 2 aromatic rings. The predicted molar refractivity (Wildman–Crippen MR) is 106 cm³/mol.